The predicted octanol–water partition coefficient (Wildman–Crippen LogP) is 3.41. The number of rotatable bonds is 5. The molecule has 110 valence electrons. The molecule has 0 unspecified atom stereocenters. The molecular weight excluding hydrogens is 288 g/mol. The number of nitrogens with one attached hydrogen (secondary N) is 2. The fourth-order valence-electron chi connectivity index (χ4n) is 1.94. The molecule has 0 bridgehead atoms. The van der Waals surface area contributed by atoms with Gasteiger partial charge in [0.05, 0.1) is 5.56 Å². The van der Waals surface area contributed by atoms with E-state index in [1.807, 2.05) is 31.2 Å². The molecule has 0 aromatic heterocycles. The molecule has 1 amide bonds. The minimum atomic E-state index is -0.390. The number of carbonyl (C=O) groups is 1. The van der Waals surface area contributed by atoms with Gasteiger partial charge >= 0.3 is 0 Å². The Morgan fingerprint density at radius 2 is 2.00 bits per heavy atom. The summed E-state index contributed by atoms with van der Waals surface area (Å²) in [5, 5.41) is 16.2. The van der Waals surface area contributed by atoms with Gasteiger partial charge in [-0.1, -0.05) is 36.7 Å². The van der Waals surface area contributed by atoms with Crippen molar-refractivity contribution in [3.63, 3.8) is 0 Å². The average Bonchev–Trinajstić information content (AvgIpc) is 2.48. The van der Waals surface area contributed by atoms with E-state index in [1.165, 1.54) is 18.2 Å². The van der Waals surface area contributed by atoms with E-state index in [-0.39, 0.29) is 17.2 Å². The lowest BCUT2D eigenvalue weighted by Crippen LogP contribution is -2.17. The second-order valence-electron chi connectivity index (χ2n) is 4.55. The summed E-state index contributed by atoms with van der Waals surface area (Å²) in [5.41, 5.74) is 1.85. The normalized spacial score (nSPS) is 10.4. The van der Waals surface area contributed by atoms with E-state index < -0.39 is 0 Å². The molecular formula is C16H17ClN2O2. The maximum Gasteiger partial charge on any atom is 0.259 e. The Hall–Kier alpha value is -2.04. The summed E-state index contributed by atoms with van der Waals surface area (Å²) in [4.78, 5) is 12.3. The Morgan fingerprint density at radius 3 is 2.76 bits per heavy atom. The minimum absolute atomic E-state index is 0.0962. The first-order valence-electron chi connectivity index (χ1n) is 6.70. The molecule has 0 aliphatic heterocycles. The number of phenols is 1. The summed E-state index contributed by atoms with van der Waals surface area (Å²) in [5.74, 6) is -0.486. The average molecular weight is 305 g/mol. The zero-order valence-electron chi connectivity index (χ0n) is 11.7. The highest BCUT2D eigenvalue weighted by Crippen LogP contribution is 2.23. The number of halogens is 1. The lowest BCUT2D eigenvalue weighted by atomic mass is 10.1. The van der Waals surface area contributed by atoms with Gasteiger partial charge < -0.3 is 15.7 Å². The zero-order chi connectivity index (χ0) is 15.2. The van der Waals surface area contributed by atoms with Gasteiger partial charge in [-0.25, -0.2) is 0 Å². The van der Waals surface area contributed by atoms with Crippen molar-refractivity contribution in [1.82, 2.24) is 5.32 Å². The summed E-state index contributed by atoms with van der Waals surface area (Å²) in [6.45, 7) is 3.52. The summed E-state index contributed by atoms with van der Waals surface area (Å²) in [7, 11) is 0. The number of hydrogen-bond donors (Lipinski definition) is 3. The Balaban J connectivity index is 2.21. The number of para-hydroxylation sites is 1. The zero-order valence-corrected chi connectivity index (χ0v) is 12.4. The first-order chi connectivity index (χ1) is 10.1. The van der Waals surface area contributed by atoms with Crippen LogP contribution < -0.4 is 10.6 Å². The molecule has 0 heterocycles. The highest BCUT2D eigenvalue weighted by Gasteiger charge is 2.13. The van der Waals surface area contributed by atoms with Gasteiger partial charge in [0.1, 0.15) is 5.75 Å². The summed E-state index contributed by atoms with van der Waals surface area (Å²) >= 11 is 5.86. The lowest BCUT2D eigenvalue weighted by molar-refractivity contribution is 0.102. The third-order valence-corrected chi connectivity index (χ3v) is 3.27. The summed E-state index contributed by atoms with van der Waals surface area (Å²) in [6.07, 6.45) is 0. The van der Waals surface area contributed by atoms with Crippen molar-refractivity contribution in [2.24, 2.45) is 0 Å². The van der Waals surface area contributed by atoms with Crippen LogP contribution in [0.3, 0.4) is 0 Å². The van der Waals surface area contributed by atoms with Crippen LogP contribution in [0.2, 0.25) is 5.02 Å². The van der Waals surface area contributed by atoms with Crippen LogP contribution in [0.1, 0.15) is 22.8 Å². The molecule has 2 rings (SSSR count). The number of aromatic hydroxyl groups is 1. The van der Waals surface area contributed by atoms with Gasteiger partial charge in [-0.15, -0.1) is 0 Å². The first kappa shape index (κ1) is 15.4. The Morgan fingerprint density at radius 1 is 1.24 bits per heavy atom. The van der Waals surface area contributed by atoms with Gasteiger partial charge in [-0.05, 0) is 36.4 Å². The molecule has 21 heavy (non-hydrogen) atoms. The molecule has 0 radical (unpaired) electrons. The van der Waals surface area contributed by atoms with Crippen molar-refractivity contribution < 1.29 is 9.90 Å². The predicted molar refractivity (Wildman–Crippen MR) is 84.9 cm³/mol. The fraction of sp³-hybridized carbons (Fsp3) is 0.188. The fourth-order valence-corrected chi connectivity index (χ4v) is 2.11. The van der Waals surface area contributed by atoms with E-state index in [1.54, 1.807) is 0 Å². The van der Waals surface area contributed by atoms with Crippen LogP contribution in [-0.4, -0.2) is 17.6 Å². The van der Waals surface area contributed by atoms with Gasteiger partial charge in [0.15, 0.2) is 0 Å². The topological polar surface area (TPSA) is 61.4 Å². The molecule has 4 nitrogen and oxygen atoms in total. The highest BCUT2D eigenvalue weighted by atomic mass is 35.5. The van der Waals surface area contributed by atoms with Crippen LogP contribution in [0.15, 0.2) is 42.5 Å². The van der Waals surface area contributed by atoms with Crippen LogP contribution in [0.4, 0.5) is 5.69 Å². The van der Waals surface area contributed by atoms with E-state index in [9.17, 15) is 9.90 Å². The molecule has 0 aliphatic rings. The molecule has 0 saturated heterocycles. The maximum absolute atomic E-state index is 12.3. The lowest BCUT2D eigenvalue weighted by Gasteiger charge is -2.12. The molecule has 0 atom stereocenters. The number of benzene rings is 2. The van der Waals surface area contributed by atoms with Crippen molar-refractivity contribution in [1.29, 1.82) is 0 Å². The number of phenolic OH excluding ortho intramolecular Hbond substituents is 1. The molecule has 2 aromatic carbocycles. The van der Waals surface area contributed by atoms with Crippen molar-refractivity contribution in [3.8, 4) is 5.75 Å². The first-order valence-corrected chi connectivity index (χ1v) is 7.08. The van der Waals surface area contributed by atoms with Crippen LogP contribution in [0.5, 0.6) is 5.75 Å². The van der Waals surface area contributed by atoms with Crippen LogP contribution in [-0.2, 0) is 6.54 Å². The molecule has 5 heteroatoms. The monoisotopic (exact) mass is 304 g/mol. The number of amides is 1. The smallest absolute Gasteiger partial charge is 0.259 e. The van der Waals surface area contributed by atoms with Crippen LogP contribution in [0.25, 0.3) is 0 Å². The van der Waals surface area contributed by atoms with Crippen LogP contribution in [0, 0.1) is 0 Å². The molecule has 0 aliphatic carbocycles. The van der Waals surface area contributed by atoms with E-state index in [0.29, 0.717) is 17.3 Å². The van der Waals surface area contributed by atoms with Gasteiger partial charge in [-0.3, -0.25) is 4.79 Å². The standard InChI is InChI=1S/C16H17ClN2O2/c1-2-18-10-11-5-3-4-6-14(11)19-16(21)13-9-12(17)7-8-15(13)20/h3-9,18,20H,2,10H2,1H3,(H,19,21). The quantitative estimate of drug-likeness (QED) is 0.793. The van der Waals surface area contributed by atoms with Crippen molar-refractivity contribution >= 4 is 23.2 Å². The number of anilines is 1. The van der Waals surface area contributed by atoms with Crippen molar-refractivity contribution in [3.05, 3.63) is 58.6 Å². The van der Waals surface area contributed by atoms with Crippen LogP contribution >= 0.6 is 11.6 Å². The minimum Gasteiger partial charge on any atom is -0.507 e. The van der Waals surface area contributed by atoms with Crippen molar-refractivity contribution in [2.75, 3.05) is 11.9 Å². The molecule has 0 fully saturated rings. The SMILES string of the molecule is CCNCc1ccccc1NC(=O)c1cc(Cl)ccc1O. The second kappa shape index (κ2) is 7.11. The van der Waals surface area contributed by atoms with E-state index in [2.05, 4.69) is 10.6 Å². The van der Waals surface area contributed by atoms with E-state index in [4.69, 9.17) is 11.6 Å². The number of carbonyl (C=O) groups excluding carboxylic acids is 1. The van der Waals surface area contributed by atoms with Gasteiger partial charge in [-0.2, -0.15) is 0 Å². The largest absolute Gasteiger partial charge is 0.507 e. The summed E-state index contributed by atoms with van der Waals surface area (Å²) < 4.78 is 0. The maximum atomic E-state index is 12.3. The highest BCUT2D eigenvalue weighted by molar-refractivity contribution is 6.31. The summed E-state index contributed by atoms with van der Waals surface area (Å²) in [6, 6.07) is 11.9. The Bertz CT molecular complexity index is 644. The van der Waals surface area contributed by atoms with Gasteiger partial charge in [0, 0.05) is 17.3 Å². The number of hydrogen-bond acceptors (Lipinski definition) is 3. The van der Waals surface area contributed by atoms with E-state index >= 15 is 0 Å². The van der Waals surface area contributed by atoms with Gasteiger partial charge in [0.25, 0.3) is 5.91 Å². The molecule has 2 aromatic rings. The molecule has 3 N–H and O–H groups in total. The third-order valence-electron chi connectivity index (χ3n) is 3.03. The Kier molecular flexibility index (Phi) is 5.20. The van der Waals surface area contributed by atoms with Gasteiger partial charge in [0.2, 0.25) is 0 Å². The molecule has 0 spiro atoms. The van der Waals surface area contributed by atoms with E-state index in [0.717, 1.165) is 12.1 Å². The molecule has 0 saturated carbocycles. The Labute approximate surface area is 128 Å². The van der Waals surface area contributed by atoms with Crippen molar-refractivity contribution in [2.45, 2.75) is 13.5 Å². The second-order valence-corrected chi connectivity index (χ2v) is 4.99. The third kappa shape index (κ3) is 3.97.